The predicted octanol–water partition coefficient (Wildman–Crippen LogP) is 3.45. The first-order valence-electron chi connectivity index (χ1n) is 7.17. The molecule has 1 N–H and O–H groups in total. The van der Waals surface area contributed by atoms with Gasteiger partial charge in [0.1, 0.15) is 0 Å². The fourth-order valence-corrected chi connectivity index (χ4v) is 3.53. The lowest BCUT2D eigenvalue weighted by molar-refractivity contribution is -0.115. The van der Waals surface area contributed by atoms with Crippen molar-refractivity contribution in [3.8, 4) is 0 Å². The number of rotatable bonds is 6. The van der Waals surface area contributed by atoms with Gasteiger partial charge in [0.25, 0.3) is 0 Å². The Kier molecular flexibility index (Phi) is 5.90. The Balaban J connectivity index is 1.99. The Hall–Kier alpha value is -1.99. The van der Waals surface area contributed by atoms with Crippen molar-refractivity contribution in [1.82, 2.24) is 0 Å². The summed E-state index contributed by atoms with van der Waals surface area (Å²) in [4.78, 5) is 23.5. The van der Waals surface area contributed by atoms with Crippen molar-refractivity contribution in [2.45, 2.75) is 18.2 Å². The Morgan fingerprint density at radius 2 is 1.75 bits per heavy atom. The highest BCUT2D eigenvalue weighted by Gasteiger charge is 2.16. The van der Waals surface area contributed by atoms with Gasteiger partial charge in [-0.1, -0.05) is 28.1 Å². The molecule has 126 valence electrons. The van der Waals surface area contributed by atoms with Gasteiger partial charge in [-0.15, -0.1) is 0 Å². The molecule has 2 aromatic rings. The third-order valence-corrected chi connectivity index (χ3v) is 5.58. The number of ketones is 1. The zero-order valence-electron chi connectivity index (χ0n) is 13.0. The summed E-state index contributed by atoms with van der Waals surface area (Å²) in [6.07, 6.45) is -0.164. The van der Waals surface area contributed by atoms with Crippen LogP contribution in [0.5, 0.6) is 0 Å². The number of nitrogens with one attached hydrogen (secondary N) is 1. The zero-order valence-corrected chi connectivity index (χ0v) is 15.4. The Bertz CT molecular complexity index is 860. The minimum atomic E-state index is -3.52. The van der Waals surface area contributed by atoms with E-state index in [4.69, 9.17) is 0 Å². The van der Waals surface area contributed by atoms with E-state index in [2.05, 4.69) is 21.2 Å². The maximum Gasteiger partial charge on any atom is 0.225 e. The third-order valence-electron chi connectivity index (χ3n) is 3.32. The second-order valence-corrected chi connectivity index (χ2v) is 8.23. The number of halogens is 1. The predicted molar refractivity (Wildman–Crippen MR) is 95.9 cm³/mol. The van der Waals surface area contributed by atoms with E-state index < -0.39 is 15.7 Å². The lowest BCUT2D eigenvalue weighted by Gasteiger charge is -2.07. The molecule has 1 amide bonds. The van der Waals surface area contributed by atoms with Gasteiger partial charge in [-0.2, -0.15) is 0 Å². The van der Waals surface area contributed by atoms with Crippen LogP contribution in [0.25, 0.3) is 0 Å². The summed E-state index contributed by atoms with van der Waals surface area (Å²) < 4.78 is 25.2. The van der Waals surface area contributed by atoms with E-state index in [9.17, 15) is 18.0 Å². The summed E-state index contributed by atoms with van der Waals surface area (Å²) >= 11 is 3.24. The molecule has 0 radical (unpaired) electrons. The molecule has 24 heavy (non-hydrogen) atoms. The Morgan fingerprint density at radius 1 is 1.08 bits per heavy atom. The Labute approximate surface area is 149 Å². The topological polar surface area (TPSA) is 80.3 Å². The first-order chi connectivity index (χ1) is 11.3. The van der Waals surface area contributed by atoms with Crippen LogP contribution in [-0.4, -0.2) is 25.9 Å². The number of Topliss-reactive ketones (excluding diaryl/α,β-unsaturated/α-hetero) is 1. The van der Waals surface area contributed by atoms with Gasteiger partial charge >= 0.3 is 0 Å². The molecule has 0 heterocycles. The van der Waals surface area contributed by atoms with Crippen LogP contribution >= 0.6 is 15.9 Å². The number of sulfone groups is 1. The summed E-state index contributed by atoms with van der Waals surface area (Å²) in [5.41, 5.74) is 0.948. The van der Waals surface area contributed by atoms with Gasteiger partial charge < -0.3 is 5.32 Å². The SMILES string of the molecule is CC(=O)c1cccc(NC(=O)CCS(=O)(=O)c2ccc(Br)cc2)c1. The second-order valence-electron chi connectivity index (χ2n) is 5.21. The average molecular weight is 410 g/mol. The van der Waals surface area contributed by atoms with Crippen molar-refractivity contribution in [2.75, 3.05) is 11.1 Å². The van der Waals surface area contributed by atoms with Gasteiger partial charge in [-0.3, -0.25) is 9.59 Å². The average Bonchev–Trinajstić information content (AvgIpc) is 2.54. The molecule has 0 spiro atoms. The van der Waals surface area contributed by atoms with Crippen molar-refractivity contribution in [1.29, 1.82) is 0 Å². The number of benzene rings is 2. The highest BCUT2D eigenvalue weighted by Crippen LogP contribution is 2.17. The van der Waals surface area contributed by atoms with Crippen molar-refractivity contribution in [3.63, 3.8) is 0 Å². The summed E-state index contributed by atoms with van der Waals surface area (Å²) in [6, 6.07) is 12.8. The van der Waals surface area contributed by atoms with Crippen LogP contribution in [-0.2, 0) is 14.6 Å². The maximum absolute atomic E-state index is 12.2. The minimum absolute atomic E-state index is 0.107. The summed E-state index contributed by atoms with van der Waals surface area (Å²) in [6.45, 7) is 1.44. The highest BCUT2D eigenvalue weighted by molar-refractivity contribution is 9.10. The molecular formula is C17H16BrNO4S. The molecule has 7 heteroatoms. The lowest BCUT2D eigenvalue weighted by Crippen LogP contribution is -2.17. The minimum Gasteiger partial charge on any atom is -0.326 e. The van der Waals surface area contributed by atoms with Crippen LogP contribution in [0.4, 0.5) is 5.69 Å². The lowest BCUT2D eigenvalue weighted by atomic mass is 10.1. The maximum atomic E-state index is 12.2. The molecule has 0 aliphatic carbocycles. The van der Waals surface area contributed by atoms with E-state index in [0.717, 1.165) is 4.47 Å². The number of carbonyl (C=O) groups excluding carboxylic acids is 2. The van der Waals surface area contributed by atoms with Crippen LogP contribution in [0, 0.1) is 0 Å². The van der Waals surface area contributed by atoms with E-state index in [0.29, 0.717) is 11.3 Å². The van der Waals surface area contributed by atoms with Crippen LogP contribution in [0.2, 0.25) is 0 Å². The number of anilines is 1. The molecule has 0 saturated heterocycles. The van der Waals surface area contributed by atoms with E-state index >= 15 is 0 Å². The second kappa shape index (κ2) is 7.72. The smallest absolute Gasteiger partial charge is 0.225 e. The third kappa shape index (κ3) is 5.01. The van der Waals surface area contributed by atoms with E-state index in [1.165, 1.54) is 19.1 Å². The van der Waals surface area contributed by atoms with E-state index in [-0.39, 0.29) is 22.9 Å². The molecule has 0 unspecified atom stereocenters. The van der Waals surface area contributed by atoms with Gasteiger partial charge in [-0.05, 0) is 43.3 Å². The number of amides is 1. The molecule has 0 aliphatic rings. The normalized spacial score (nSPS) is 11.1. The van der Waals surface area contributed by atoms with Gasteiger partial charge in [-0.25, -0.2) is 8.42 Å². The Morgan fingerprint density at radius 3 is 2.38 bits per heavy atom. The van der Waals surface area contributed by atoms with Gasteiger partial charge in [0, 0.05) is 22.1 Å². The molecule has 0 bridgehead atoms. The largest absolute Gasteiger partial charge is 0.326 e. The summed E-state index contributed by atoms with van der Waals surface area (Å²) in [5, 5.41) is 2.61. The van der Waals surface area contributed by atoms with Crippen LogP contribution in [0.1, 0.15) is 23.7 Å². The molecule has 0 atom stereocenters. The van der Waals surface area contributed by atoms with Gasteiger partial charge in [0.05, 0.1) is 10.6 Å². The fourth-order valence-electron chi connectivity index (χ4n) is 2.03. The first kappa shape index (κ1) is 18.4. The number of hydrogen-bond donors (Lipinski definition) is 1. The molecule has 0 saturated carbocycles. The monoisotopic (exact) mass is 409 g/mol. The molecule has 5 nitrogen and oxygen atoms in total. The van der Waals surface area contributed by atoms with E-state index in [1.807, 2.05) is 0 Å². The number of carbonyl (C=O) groups is 2. The highest BCUT2D eigenvalue weighted by atomic mass is 79.9. The van der Waals surface area contributed by atoms with Gasteiger partial charge in [0.2, 0.25) is 5.91 Å². The summed E-state index contributed by atoms with van der Waals surface area (Å²) in [7, 11) is -3.52. The first-order valence-corrected chi connectivity index (χ1v) is 9.61. The van der Waals surface area contributed by atoms with Crippen LogP contribution in [0.3, 0.4) is 0 Å². The van der Waals surface area contributed by atoms with E-state index in [1.54, 1.807) is 36.4 Å². The fraction of sp³-hybridized carbons (Fsp3) is 0.176. The quantitative estimate of drug-likeness (QED) is 0.740. The summed E-state index contributed by atoms with van der Waals surface area (Å²) in [5.74, 6) is -0.812. The standard InChI is InChI=1S/C17H16BrNO4S/c1-12(20)13-3-2-4-15(11-13)19-17(21)9-10-24(22,23)16-7-5-14(18)6-8-16/h2-8,11H,9-10H2,1H3,(H,19,21). The van der Waals surface area contributed by atoms with Crippen molar-refractivity contribution < 1.29 is 18.0 Å². The van der Waals surface area contributed by atoms with Crippen LogP contribution in [0.15, 0.2) is 57.9 Å². The van der Waals surface area contributed by atoms with Crippen LogP contribution < -0.4 is 5.32 Å². The molecule has 0 aromatic heterocycles. The molecule has 2 rings (SSSR count). The molecular weight excluding hydrogens is 394 g/mol. The number of hydrogen-bond acceptors (Lipinski definition) is 4. The van der Waals surface area contributed by atoms with Crippen molar-refractivity contribution in [2.24, 2.45) is 0 Å². The van der Waals surface area contributed by atoms with Crippen molar-refractivity contribution in [3.05, 3.63) is 58.6 Å². The molecule has 2 aromatic carbocycles. The zero-order chi connectivity index (χ0) is 17.7. The molecule has 0 aliphatic heterocycles. The van der Waals surface area contributed by atoms with Gasteiger partial charge in [0.15, 0.2) is 15.6 Å². The molecule has 0 fully saturated rings. The van der Waals surface area contributed by atoms with Crippen molar-refractivity contribution >= 4 is 43.1 Å².